The first-order valence-electron chi connectivity index (χ1n) is 5.68. The van der Waals surface area contributed by atoms with Crippen LogP contribution < -0.4 is 5.32 Å². The summed E-state index contributed by atoms with van der Waals surface area (Å²) in [5.41, 5.74) is 3.59. The molecule has 2 N–H and O–H groups in total. The molecule has 1 aromatic rings. The van der Waals surface area contributed by atoms with Gasteiger partial charge >= 0.3 is 5.97 Å². The van der Waals surface area contributed by atoms with Crippen LogP contribution in [0.5, 0.6) is 0 Å². The number of aliphatic carboxylic acids is 1. The average molecular weight is 219 g/mol. The van der Waals surface area contributed by atoms with E-state index >= 15 is 0 Å². The molecule has 1 heterocycles. The third kappa shape index (κ3) is 2.03. The van der Waals surface area contributed by atoms with Crippen molar-refractivity contribution in [1.82, 2.24) is 0 Å². The van der Waals surface area contributed by atoms with Crippen molar-refractivity contribution in [2.24, 2.45) is 5.92 Å². The van der Waals surface area contributed by atoms with E-state index < -0.39 is 5.97 Å². The average Bonchev–Trinajstić information content (AvgIpc) is 2.59. The summed E-state index contributed by atoms with van der Waals surface area (Å²) in [4.78, 5) is 10.8. The van der Waals surface area contributed by atoms with Crippen molar-refractivity contribution in [2.75, 3.05) is 5.32 Å². The van der Waals surface area contributed by atoms with Crippen molar-refractivity contribution < 1.29 is 9.90 Å². The number of carboxylic acid groups (broad SMARTS) is 1. The van der Waals surface area contributed by atoms with Crippen molar-refractivity contribution in [3.63, 3.8) is 0 Å². The van der Waals surface area contributed by atoms with Gasteiger partial charge in [-0.2, -0.15) is 0 Å². The van der Waals surface area contributed by atoms with Gasteiger partial charge in [-0.15, -0.1) is 0 Å². The Kier molecular flexibility index (Phi) is 2.86. The predicted octanol–water partition coefficient (Wildman–Crippen LogP) is 2.31. The van der Waals surface area contributed by atoms with Gasteiger partial charge in [0.15, 0.2) is 0 Å². The first-order valence-corrected chi connectivity index (χ1v) is 5.68. The highest BCUT2D eigenvalue weighted by Gasteiger charge is 2.21. The van der Waals surface area contributed by atoms with Crippen LogP contribution in [-0.2, 0) is 17.6 Å². The van der Waals surface area contributed by atoms with E-state index in [0.29, 0.717) is 12.5 Å². The molecule has 0 aliphatic carbocycles. The largest absolute Gasteiger partial charge is 0.481 e. The summed E-state index contributed by atoms with van der Waals surface area (Å²) in [6.45, 7) is 3.89. The molecule has 0 spiro atoms. The normalized spacial score (nSPS) is 20.0. The van der Waals surface area contributed by atoms with Gasteiger partial charge in [-0.05, 0) is 30.9 Å². The lowest BCUT2D eigenvalue weighted by Crippen LogP contribution is -2.14. The van der Waals surface area contributed by atoms with Gasteiger partial charge in [0.05, 0.1) is 5.92 Å². The van der Waals surface area contributed by atoms with Gasteiger partial charge in [-0.25, -0.2) is 0 Å². The minimum absolute atomic E-state index is 0.329. The monoisotopic (exact) mass is 219 g/mol. The van der Waals surface area contributed by atoms with Crippen molar-refractivity contribution in [3.05, 3.63) is 29.3 Å². The van der Waals surface area contributed by atoms with E-state index in [0.717, 1.165) is 17.7 Å². The summed E-state index contributed by atoms with van der Waals surface area (Å²) in [6.07, 6.45) is 1.63. The van der Waals surface area contributed by atoms with E-state index in [1.807, 2.05) is 12.1 Å². The quantitative estimate of drug-likeness (QED) is 0.820. The molecule has 16 heavy (non-hydrogen) atoms. The van der Waals surface area contributed by atoms with Gasteiger partial charge in [-0.1, -0.05) is 25.1 Å². The number of fused-ring (bicyclic) bond motifs is 1. The van der Waals surface area contributed by atoms with Gasteiger partial charge in [0.25, 0.3) is 0 Å². The van der Waals surface area contributed by atoms with E-state index in [1.54, 1.807) is 6.92 Å². The Morgan fingerprint density at radius 1 is 1.62 bits per heavy atom. The fourth-order valence-corrected chi connectivity index (χ4v) is 2.22. The molecule has 1 aliphatic heterocycles. The Morgan fingerprint density at radius 3 is 3.06 bits per heavy atom. The van der Waals surface area contributed by atoms with Crippen LogP contribution in [0, 0.1) is 5.92 Å². The summed E-state index contributed by atoms with van der Waals surface area (Å²) < 4.78 is 0. The Balaban J connectivity index is 2.23. The second kappa shape index (κ2) is 4.16. The van der Waals surface area contributed by atoms with Crippen molar-refractivity contribution >= 4 is 11.7 Å². The predicted molar refractivity (Wildman–Crippen MR) is 63.7 cm³/mol. The molecule has 0 bridgehead atoms. The van der Waals surface area contributed by atoms with Crippen molar-refractivity contribution in [1.29, 1.82) is 0 Å². The molecule has 0 radical (unpaired) electrons. The standard InChI is InChI=1S/C13H17NO2/c1-8(13(15)16)6-10-4-3-5-11-7-9(2)14-12(10)11/h3-5,8-9,14H,6-7H2,1-2H3,(H,15,16). The molecule has 0 aromatic heterocycles. The molecule has 0 fully saturated rings. The second-order valence-corrected chi connectivity index (χ2v) is 4.64. The molecule has 3 heteroatoms. The maximum atomic E-state index is 10.8. The van der Waals surface area contributed by atoms with Gasteiger partial charge in [0.2, 0.25) is 0 Å². The number of rotatable bonds is 3. The lowest BCUT2D eigenvalue weighted by molar-refractivity contribution is -0.141. The lowest BCUT2D eigenvalue weighted by atomic mass is 9.98. The lowest BCUT2D eigenvalue weighted by Gasteiger charge is -2.12. The van der Waals surface area contributed by atoms with Crippen LogP contribution in [0.3, 0.4) is 0 Å². The molecule has 2 unspecified atom stereocenters. The van der Waals surface area contributed by atoms with Crippen LogP contribution in [-0.4, -0.2) is 17.1 Å². The first kappa shape index (κ1) is 11.0. The smallest absolute Gasteiger partial charge is 0.306 e. The highest BCUT2D eigenvalue weighted by Crippen LogP contribution is 2.30. The minimum Gasteiger partial charge on any atom is -0.481 e. The first-order chi connectivity index (χ1) is 7.58. The Morgan fingerprint density at radius 2 is 2.38 bits per heavy atom. The molecular formula is C13H17NO2. The third-order valence-electron chi connectivity index (χ3n) is 3.10. The third-order valence-corrected chi connectivity index (χ3v) is 3.10. The Bertz CT molecular complexity index is 414. The van der Waals surface area contributed by atoms with E-state index in [9.17, 15) is 4.79 Å². The molecule has 2 rings (SSSR count). The zero-order valence-electron chi connectivity index (χ0n) is 9.66. The van der Waals surface area contributed by atoms with Gasteiger partial charge in [0, 0.05) is 11.7 Å². The van der Waals surface area contributed by atoms with Gasteiger partial charge in [0.1, 0.15) is 0 Å². The van der Waals surface area contributed by atoms with E-state index in [1.165, 1.54) is 5.56 Å². The zero-order valence-corrected chi connectivity index (χ0v) is 9.66. The van der Waals surface area contributed by atoms with Crippen molar-refractivity contribution in [2.45, 2.75) is 32.7 Å². The number of hydrogen-bond acceptors (Lipinski definition) is 2. The van der Waals surface area contributed by atoms with Crippen LogP contribution in [0.25, 0.3) is 0 Å². The number of nitrogens with one attached hydrogen (secondary N) is 1. The highest BCUT2D eigenvalue weighted by molar-refractivity contribution is 5.71. The summed E-state index contributed by atoms with van der Waals surface area (Å²) in [5, 5.41) is 12.3. The SMILES string of the molecule is CC1Cc2cccc(CC(C)C(=O)O)c2N1. The van der Waals surface area contributed by atoms with Gasteiger partial charge in [-0.3, -0.25) is 4.79 Å². The topological polar surface area (TPSA) is 49.3 Å². The number of carbonyl (C=O) groups is 1. The maximum Gasteiger partial charge on any atom is 0.306 e. The van der Waals surface area contributed by atoms with Crippen LogP contribution >= 0.6 is 0 Å². The van der Waals surface area contributed by atoms with E-state index in [4.69, 9.17) is 5.11 Å². The molecule has 0 amide bonds. The molecule has 1 aliphatic rings. The van der Waals surface area contributed by atoms with E-state index in [-0.39, 0.29) is 5.92 Å². The fraction of sp³-hybridized carbons (Fsp3) is 0.462. The minimum atomic E-state index is -0.733. The summed E-state index contributed by atoms with van der Waals surface area (Å²) in [5.74, 6) is -1.06. The molecule has 3 nitrogen and oxygen atoms in total. The van der Waals surface area contributed by atoms with Crippen LogP contribution in [0.1, 0.15) is 25.0 Å². The van der Waals surface area contributed by atoms with Crippen molar-refractivity contribution in [3.8, 4) is 0 Å². The van der Waals surface area contributed by atoms with E-state index in [2.05, 4.69) is 18.3 Å². The Labute approximate surface area is 95.5 Å². The summed E-state index contributed by atoms with van der Waals surface area (Å²) in [6, 6.07) is 6.60. The van der Waals surface area contributed by atoms with Crippen LogP contribution in [0.4, 0.5) is 5.69 Å². The summed E-state index contributed by atoms with van der Waals surface area (Å²) >= 11 is 0. The number of hydrogen-bond donors (Lipinski definition) is 2. The zero-order chi connectivity index (χ0) is 11.7. The Hall–Kier alpha value is -1.51. The number of para-hydroxylation sites is 1. The molecular weight excluding hydrogens is 202 g/mol. The van der Waals surface area contributed by atoms with Crippen LogP contribution in [0.2, 0.25) is 0 Å². The number of anilines is 1. The summed E-state index contributed by atoms with van der Waals surface area (Å²) in [7, 11) is 0. The van der Waals surface area contributed by atoms with Gasteiger partial charge < -0.3 is 10.4 Å². The van der Waals surface area contributed by atoms with Crippen LogP contribution in [0.15, 0.2) is 18.2 Å². The highest BCUT2D eigenvalue weighted by atomic mass is 16.4. The fourth-order valence-electron chi connectivity index (χ4n) is 2.22. The number of benzene rings is 1. The number of carboxylic acids is 1. The second-order valence-electron chi connectivity index (χ2n) is 4.64. The molecule has 2 atom stereocenters. The molecule has 0 saturated carbocycles. The maximum absolute atomic E-state index is 10.8. The molecule has 0 saturated heterocycles. The molecule has 86 valence electrons. The molecule has 1 aromatic carbocycles.